The lowest BCUT2D eigenvalue weighted by Crippen LogP contribution is -1.85. The maximum absolute atomic E-state index is 5.76. The zero-order valence-corrected chi connectivity index (χ0v) is 9.26. The van der Waals surface area contributed by atoms with Crippen LogP contribution >= 0.6 is 34.2 Å². The molecule has 1 rings (SSSR count). The first-order chi connectivity index (χ1) is 5.24. The molecule has 0 heterocycles. The topological polar surface area (TPSA) is 0 Å². The van der Waals surface area contributed by atoms with Crippen LogP contribution in [-0.4, -0.2) is 0 Å². The van der Waals surface area contributed by atoms with E-state index in [0.29, 0.717) is 3.92 Å². The minimum atomic E-state index is 0.616. The van der Waals surface area contributed by atoms with E-state index in [2.05, 4.69) is 41.6 Å². The van der Waals surface area contributed by atoms with Crippen LogP contribution in [0.4, 0.5) is 0 Å². The largest absolute Gasteiger partial charge is 0.0843 e. The van der Waals surface area contributed by atoms with Crippen molar-refractivity contribution >= 4 is 34.2 Å². The van der Waals surface area contributed by atoms with Crippen molar-refractivity contribution in [2.24, 2.45) is 0 Å². The van der Waals surface area contributed by atoms with Crippen molar-refractivity contribution in [2.45, 2.75) is 17.3 Å². The summed E-state index contributed by atoms with van der Waals surface area (Å²) < 4.78 is 0.616. The molecule has 0 nitrogen and oxygen atoms in total. The van der Waals surface area contributed by atoms with E-state index >= 15 is 0 Å². The van der Waals surface area contributed by atoms with Crippen molar-refractivity contribution in [3.8, 4) is 0 Å². The highest BCUT2D eigenvalue weighted by Gasteiger charge is 2.02. The Hall–Kier alpha value is 0.240. The summed E-state index contributed by atoms with van der Waals surface area (Å²) >= 11 is 8.20. The maximum Gasteiger partial charge on any atom is 0.0406 e. The first-order valence-electron chi connectivity index (χ1n) is 3.63. The normalized spacial score (nSPS) is 13.0. The zero-order chi connectivity index (χ0) is 8.27. The summed E-state index contributed by atoms with van der Waals surface area (Å²) in [7, 11) is 0. The van der Waals surface area contributed by atoms with E-state index < -0.39 is 0 Å². The fraction of sp³-hybridized carbons (Fsp3) is 0.333. The molecule has 0 aliphatic rings. The highest BCUT2D eigenvalue weighted by atomic mass is 127. The summed E-state index contributed by atoms with van der Waals surface area (Å²) in [6.45, 7) is 2.19. The van der Waals surface area contributed by atoms with Gasteiger partial charge in [0.1, 0.15) is 0 Å². The van der Waals surface area contributed by atoms with Gasteiger partial charge in [0.15, 0.2) is 0 Å². The summed E-state index contributed by atoms with van der Waals surface area (Å²) in [5.41, 5.74) is 1.36. The number of rotatable bonds is 2. The first kappa shape index (κ1) is 9.33. The van der Waals surface area contributed by atoms with Gasteiger partial charge in [0.05, 0.1) is 0 Å². The van der Waals surface area contributed by atoms with Crippen molar-refractivity contribution in [1.29, 1.82) is 0 Å². The molecular formula is C9H10ClI. The third-order valence-corrected chi connectivity index (χ3v) is 3.44. The van der Waals surface area contributed by atoms with Gasteiger partial charge in [-0.3, -0.25) is 0 Å². The monoisotopic (exact) mass is 280 g/mol. The molecule has 0 unspecified atom stereocenters. The van der Waals surface area contributed by atoms with E-state index in [-0.39, 0.29) is 0 Å². The Balaban J connectivity index is 2.81. The summed E-state index contributed by atoms with van der Waals surface area (Å²) in [6.07, 6.45) is 1.17. The number of hydrogen-bond acceptors (Lipinski definition) is 0. The van der Waals surface area contributed by atoms with E-state index in [1.54, 1.807) is 0 Å². The molecule has 0 aromatic heterocycles. The van der Waals surface area contributed by atoms with Crippen LogP contribution in [0.3, 0.4) is 0 Å². The Labute approximate surface area is 86.1 Å². The van der Waals surface area contributed by atoms with Crippen LogP contribution in [0.2, 0.25) is 5.02 Å². The van der Waals surface area contributed by atoms with E-state index in [1.165, 1.54) is 12.0 Å². The molecule has 1 aromatic rings. The molecule has 1 aromatic carbocycles. The SMILES string of the molecule is CC[C@@H](I)c1ccc(Cl)cc1. The van der Waals surface area contributed by atoms with Crippen LogP contribution < -0.4 is 0 Å². The van der Waals surface area contributed by atoms with E-state index in [4.69, 9.17) is 11.6 Å². The van der Waals surface area contributed by atoms with Crippen LogP contribution in [0.15, 0.2) is 24.3 Å². The lowest BCUT2D eigenvalue weighted by molar-refractivity contribution is 0.928. The Bertz CT molecular complexity index is 218. The number of halogens is 2. The Morgan fingerprint density at radius 3 is 2.36 bits per heavy atom. The summed E-state index contributed by atoms with van der Waals surface area (Å²) in [5.74, 6) is 0. The van der Waals surface area contributed by atoms with Gasteiger partial charge in [0.2, 0.25) is 0 Å². The molecule has 0 aliphatic heterocycles. The molecule has 0 saturated heterocycles. The van der Waals surface area contributed by atoms with Gasteiger partial charge in [0, 0.05) is 8.95 Å². The number of alkyl halides is 1. The molecule has 2 heteroatoms. The average Bonchev–Trinajstić information content (AvgIpc) is 2.05. The molecule has 0 spiro atoms. The first-order valence-corrected chi connectivity index (χ1v) is 5.26. The predicted octanol–water partition coefficient (Wildman–Crippen LogP) is 4.23. The highest BCUT2D eigenvalue weighted by Crippen LogP contribution is 2.27. The Morgan fingerprint density at radius 2 is 1.91 bits per heavy atom. The Morgan fingerprint density at radius 1 is 1.36 bits per heavy atom. The standard InChI is InChI=1S/C9H10ClI/c1-2-9(11)7-3-5-8(10)6-4-7/h3-6,9H,2H2,1H3/t9-/m1/s1. The fourth-order valence-corrected chi connectivity index (χ4v) is 1.45. The second-order valence-electron chi connectivity index (χ2n) is 2.43. The third kappa shape index (κ3) is 2.64. The molecule has 0 radical (unpaired) electrons. The average molecular weight is 281 g/mol. The second-order valence-corrected chi connectivity index (χ2v) is 4.37. The number of benzene rings is 1. The van der Waals surface area contributed by atoms with Crippen molar-refractivity contribution in [3.05, 3.63) is 34.9 Å². The van der Waals surface area contributed by atoms with Gasteiger partial charge in [-0.25, -0.2) is 0 Å². The number of hydrogen-bond donors (Lipinski definition) is 0. The van der Waals surface area contributed by atoms with Crippen LogP contribution in [0.25, 0.3) is 0 Å². The minimum absolute atomic E-state index is 0.616. The van der Waals surface area contributed by atoms with Crippen LogP contribution in [0.1, 0.15) is 22.8 Å². The molecule has 0 fully saturated rings. The summed E-state index contributed by atoms with van der Waals surface area (Å²) in [5, 5.41) is 0.813. The quantitative estimate of drug-likeness (QED) is 0.562. The van der Waals surface area contributed by atoms with E-state index in [9.17, 15) is 0 Å². The molecule has 0 bridgehead atoms. The van der Waals surface area contributed by atoms with Crippen molar-refractivity contribution < 1.29 is 0 Å². The molecule has 11 heavy (non-hydrogen) atoms. The zero-order valence-electron chi connectivity index (χ0n) is 6.35. The van der Waals surface area contributed by atoms with E-state index in [1.807, 2.05) is 12.1 Å². The highest BCUT2D eigenvalue weighted by molar-refractivity contribution is 14.1. The fourth-order valence-electron chi connectivity index (χ4n) is 0.907. The molecule has 60 valence electrons. The lowest BCUT2D eigenvalue weighted by atomic mass is 10.1. The minimum Gasteiger partial charge on any atom is -0.0843 e. The lowest BCUT2D eigenvalue weighted by Gasteiger charge is -2.05. The third-order valence-electron chi connectivity index (χ3n) is 1.59. The molecule has 0 N–H and O–H groups in total. The van der Waals surface area contributed by atoms with Crippen LogP contribution in [-0.2, 0) is 0 Å². The van der Waals surface area contributed by atoms with Crippen molar-refractivity contribution in [2.75, 3.05) is 0 Å². The molecular weight excluding hydrogens is 270 g/mol. The molecule has 1 atom stereocenters. The summed E-state index contributed by atoms with van der Waals surface area (Å²) in [6, 6.07) is 8.06. The second kappa shape index (κ2) is 4.31. The molecule has 0 aliphatic carbocycles. The van der Waals surface area contributed by atoms with Crippen molar-refractivity contribution in [3.63, 3.8) is 0 Å². The van der Waals surface area contributed by atoms with E-state index in [0.717, 1.165) is 5.02 Å². The summed E-state index contributed by atoms with van der Waals surface area (Å²) in [4.78, 5) is 0. The van der Waals surface area contributed by atoms with Gasteiger partial charge < -0.3 is 0 Å². The smallest absolute Gasteiger partial charge is 0.0406 e. The van der Waals surface area contributed by atoms with Gasteiger partial charge in [0.25, 0.3) is 0 Å². The van der Waals surface area contributed by atoms with Gasteiger partial charge in [-0.05, 0) is 24.1 Å². The van der Waals surface area contributed by atoms with Crippen molar-refractivity contribution in [1.82, 2.24) is 0 Å². The van der Waals surface area contributed by atoms with Gasteiger partial charge in [-0.1, -0.05) is 53.2 Å². The van der Waals surface area contributed by atoms with Crippen LogP contribution in [0, 0.1) is 0 Å². The maximum atomic E-state index is 5.76. The molecule has 0 amide bonds. The molecule has 0 saturated carbocycles. The van der Waals surface area contributed by atoms with Gasteiger partial charge in [-0.15, -0.1) is 0 Å². The van der Waals surface area contributed by atoms with Gasteiger partial charge >= 0.3 is 0 Å². The predicted molar refractivity (Wildman–Crippen MR) is 58.5 cm³/mol. The van der Waals surface area contributed by atoms with Crippen LogP contribution in [0.5, 0.6) is 0 Å². The Kier molecular flexibility index (Phi) is 3.66. The van der Waals surface area contributed by atoms with Gasteiger partial charge in [-0.2, -0.15) is 0 Å².